The molecule has 3 atom stereocenters. The number of nitrogens with one attached hydrogen (secondary N) is 1. The molecule has 1 aliphatic carbocycles. The van der Waals surface area contributed by atoms with Crippen LogP contribution in [0.5, 0.6) is 0 Å². The first-order chi connectivity index (χ1) is 17.5. The van der Waals surface area contributed by atoms with Gasteiger partial charge in [-0.3, -0.25) is 4.40 Å². The lowest BCUT2D eigenvalue weighted by Gasteiger charge is -2.16. The highest BCUT2D eigenvalue weighted by Crippen LogP contribution is 2.42. The summed E-state index contributed by atoms with van der Waals surface area (Å²) in [5.74, 6) is 1.01. The summed E-state index contributed by atoms with van der Waals surface area (Å²) in [4.78, 5) is 4.60. The van der Waals surface area contributed by atoms with Crippen LogP contribution >= 0.6 is 0 Å². The highest BCUT2D eigenvalue weighted by Gasteiger charge is 2.39. The Balaban J connectivity index is 1.54. The Labute approximate surface area is 217 Å². The molecule has 0 bridgehead atoms. The molecule has 1 aliphatic rings. The molecule has 10 nitrogen and oxygen atoms in total. The van der Waals surface area contributed by atoms with E-state index in [-0.39, 0.29) is 40.1 Å². The molecule has 0 saturated heterocycles. The molecule has 1 fully saturated rings. The minimum absolute atomic E-state index is 0.0330. The predicted octanol–water partition coefficient (Wildman–Crippen LogP) is 3.47. The first kappa shape index (κ1) is 25.8. The van der Waals surface area contributed by atoms with Crippen LogP contribution in [-0.2, 0) is 20.0 Å². The van der Waals surface area contributed by atoms with Crippen molar-refractivity contribution in [2.24, 2.45) is 11.8 Å². The zero-order chi connectivity index (χ0) is 26.5. The second-order valence-electron chi connectivity index (χ2n) is 10.4. The molecule has 1 N–H and O–H groups in total. The molecule has 0 amide bonds. The van der Waals surface area contributed by atoms with E-state index in [0.717, 1.165) is 12.0 Å². The van der Waals surface area contributed by atoms with Crippen molar-refractivity contribution < 1.29 is 16.8 Å². The minimum Gasteiger partial charge on any atom is -0.274 e. The van der Waals surface area contributed by atoms with Crippen LogP contribution < -0.4 is 4.72 Å². The predicted molar refractivity (Wildman–Crippen MR) is 141 cm³/mol. The van der Waals surface area contributed by atoms with Gasteiger partial charge in [-0.1, -0.05) is 44.9 Å². The zero-order valence-electron chi connectivity index (χ0n) is 21.4. The van der Waals surface area contributed by atoms with Crippen molar-refractivity contribution in [2.75, 3.05) is 5.75 Å². The number of aromatic nitrogens is 5. The third-order valence-electron chi connectivity index (χ3n) is 7.09. The largest absolute Gasteiger partial charge is 0.274 e. The number of hydrogen-bond acceptors (Lipinski definition) is 7. The summed E-state index contributed by atoms with van der Waals surface area (Å²) in [7, 11) is -7.23. The van der Waals surface area contributed by atoms with Gasteiger partial charge < -0.3 is 0 Å². The number of benzene rings is 1. The number of sulfonamides is 1. The lowest BCUT2D eigenvalue weighted by atomic mass is 9.93. The summed E-state index contributed by atoms with van der Waals surface area (Å²) in [6.07, 6.45) is 5.20. The lowest BCUT2D eigenvalue weighted by molar-refractivity contribution is 0.449. The fourth-order valence-electron chi connectivity index (χ4n) is 5.44. The van der Waals surface area contributed by atoms with Crippen LogP contribution in [0, 0.1) is 18.8 Å². The third kappa shape index (κ3) is 4.77. The molecule has 4 aromatic rings. The van der Waals surface area contributed by atoms with Gasteiger partial charge in [-0.15, -0.1) is 10.2 Å². The van der Waals surface area contributed by atoms with Crippen LogP contribution in [-0.4, -0.2) is 52.2 Å². The number of aryl methyl sites for hydroxylation is 1. The molecule has 12 heteroatoms. The SMILES string of the molecule is CC[C@@H]1C[C@H](NS(=O)(=O)CC(C)C)C[C@@H]1c1nnc2cnc3c(ccn3S(=O)(=O)c3ccc(C)cc3)n12. The smallest absolute Gasteiger partial charge is 0.269 e. The Morgan fingerprint density at radius 3 is 2.46 bits per heavy atom. The number of fused-ring (bicyclic) bond motifs is 3. The molecule has 3 aromatic heterocycles. The number of rotatable bonds is 8. The van der Waals surface area contributed by atoms with E-state index < -0.39 is 20.0 Å². The van der Waals surface area contributed by atoms with E-state index in [2.05, 4.69) is 26.8 Å². The van der Waals surface area contributed by atoms with Gasteiger partial charge in [-0.2, -0.15) is 0 Å². The molecule has 3 heterocycles. The van der Waals surface area contributed by atoms with Crippen molar-refractivity contribution in [3.05, 3.63) is 54.1 Å². The van der Waals surface area contributed by atoms with Crippen molar-refractivity contribution in [3.63, 3.8) is 0 Å². The first-order valence-electron chi connectivity index (χ1n) is 12.5. The lowest BCUT2D eigenvalue weighted by Crippen LogP contribution is -2.36. The van der Waals surface area contributed by atoms with E-state index in [9.17, 15) is 16.8 Å². The van der Waals surface area contributed by atoms with Crippen LogP contribution in [0.3, 0.4) is 0 Å². The summed E-state index contributed by atoms with van der Waals surface area (Å²) < 4.78 is 57.9. The van der Waals surface area contributed by atoms with Gasteiger partial charge in [0, 0.05) is 18.2 Å². The second-order valence-corrected chi connectivity index (χ2v) is 14.0. The molecule has 0 unspecified atom stereocenters. The van der Waals surface area contributed by atoms with Gasteiger partial charge in [0.25, 0.3) is 10.0 Å². The third-order valence-corrected chi connectivity index (χ3v) is 10.6. The van der Waals surface area contributed by atoms with Gasteiger partial charge in [0.05, 0.1) is 22.4 Å². The Kier molecular flexibility index (Phi) is 6.61. The average Bonchev–Trinajstić information content (AvgIpc) is 3.53. The van der Waals surface area contributed by atoms with Crippen molar-refractivity contribution in [3.8, 4) is 0 Å². The summed E-state index contributed by atoms with van der Waals surface area (Å²) >= 11 is 0. The summed E-state index contributed by atoms with van der Waals surface area (Å²) in [6, 6.07) is 8.23. The highest BCUT2D eigenvalue weighted by atomic mass is 32.2. The van der Waals surface area contributed by atoms with E-state index >= 15 is 0 Å². The summed E-state index contributed by atoms with van der Waals surface area (Å²) in [5.41, 5.74) is 2.37. The average molecular weight is 545 g/mol. The first-order valence-corrected chi connectivity index (χ1v) is 15.6. The van der Waals surface area contributed by atoms with E-state index in [1.54, 1.807) is 30.3 Å². The maximum atomic E-state index is 13.4. The van der Waals surface area contributed by atoms with E-state index in [0.29, 0.717) is 29.8 Å². The molecule has 0 aliphatic heterocycles. The topological polar surface area (TPSA) is 128 Å². The zero-order valence-corrected chi connectivity index (χ0v) is 23.0. The summed E-state index contributed by atoms with van der Waals surface area (Å²) in [5, 5.41) is 8.79. The molecular weight excluding hydrogens is 512 g/mol. The van der Waals surface area contributed by atoms with Gasteiger partial charge in [-0.25, -0.2) is 30.5 Å². The number of nitrogens with zero attached hydrogens (tertiary/aromatic N) is 5. The molecule has 1 saturated carbocycles. The molecule has 5 rings (SSSR count). The van der Waals surface area contributed by atoms with Crippen LogP contribution in [0.25, 0.3) is 16.8 Å². The normalized spacial score (nSPS) is 20.9. The van der Waals surface area contributed by atoms with Gasteiger partial charge >= 0.3 is 0 Å². The van der Waals surface area contributed by atoms with Crippen molar-refractivity contribution in [1.82, 2.24) is 28.3 Å². The summed E-state index contributed by atoms with van der Waals surface area (Å²) in [6.45, 7) is 7.77. The minimum atomic E-state index is -3.85. The maximum absolute atomic E-state index is 13.4. The fourth-order valence-corrected chi connectivity index (χ4v) is 8.41. The van der Waals surface area contributed by atoms with Crippen LogP contribution in [0.4, 0.5) is 0 Å². The van der Waals surface area contributed by atoms with Gasteiger partial charge in [0.15, 0.2) is 11.3 Å². The highest BCUT2D eigenvalue weighted by molar-refractivity contribution is 7.90. The van der Waals surface area contributed by atoms with Crippen LogP contribution in [0.2, 0.25) is 0 Å². The molecule has 0 spiro atoms. The molecular formula is C25H32N6O4S2. The number of hydrogen-bond donors (Lipinski definition) is 1. The van der Waals surface area contributed by atoms with Crippen LogP contribution in [0.1, 0.15) is 57.3 Å². The van der Waals surface area contributed by atoms with Crippen molar-refractivity contribution >= 4 is 36.9 Å². The van der Waals surface area contributed by atoms with Gasteiger partial charge in [0.1, 0.15) is 5.82 Å². The van der Waals surface area contributed by atoms with E-state index in [1.165, 1.54) is 16.4 Å². The Morgan fingerprint density at radius 1 is 1.05 bits per heavy atom. The van der Waals surface area contributed by atoms with Crippen molar-refractivity contribution in [1.29, 1.82) is 0 Å². The molecule has 37 heavy (non-hydrogen) atoms. The second kappa shape index (κ2) is 9.48. The van der Waals surface area contributed by atoms with E-state index in [1.807, 2.05) is 25.2 Å². The molecule has 0 radical (unpaired) electrons. The quantitative estimate of drug-likeness (QED) is 0.360. The Morgan fingerprint density at radius 2 is 1.78 bits per heavy atom. The fraction of sp³-hybridized carbons (Fsp3) is 0.480. The van der Waals surface area contributed by atoms with Crippen molar-refractivity contribution in [2.45, 2.75) is 63.8 Å². The standard InChI is InChI=1S/C25H32N6O4S2/c1-5-18-12-19(29-36(32,33)15-16(2)3)13-21(18)24-28-27-23-14-26-25-22(31(23)24)10-11-30(25)37(34,35)20-8-6-17(4)7-9-20/h6-11,14,16,18-19,21,29H,5,12-13,15H2,1-4H3/t18-,19+,21+/m1/s1. The van der Waals surface area contributed by atoms with Gasteiger partial charge in [-0.05, 0) is 49.8 Å². The monoisotopic (exact) mass is 544 g/mol. The Bertz CT molecular complexity index is 1660. The molecule has 198 valence electrons. The molecule has 1 aromatic carbocycles. The van der Waals surface area contributed by atoms with E-state index in [4.69, 9.17) is 0 Å². The van der Waals surface area contributed by atoms with Gasteiger partial charge in [0.2, 0.25) is 10.0 Å². The van der Waals surface area contributed by atoms with Crippen LogP contribution in [0.15, 0.2) is 47.6 Å². The maximum Gasteiger partial charge on any atom is 0.269 e. The Hall–Kier alpha value is -2.83.